The molecule has 38 heavy (non-hydrogen) atoms. The molecule has 0 atom stereocenters. The molecule has 0 saturated heterocycles. The lowest BCUT2D eigenvalue weighted by Crippen LogP contribution is -2.35. The lowest BCUT2D eigenvalue weighted by Gasteiger charge is -2.15. The van der Waals surface area contributed by atoms with Crippen molar-refractivity contribution in [2.75, 3.05) is 0 Å². The van der Waals surface area contributed by atoms with E-state index >= 15 is 0 Å². The SMILES string of the molecule is Cc1cccc2c3ccccc3c3c(c4cc5c6ccccc6[n+](CC(C)C)c5cc4c4cccc[n+]43)n12. The Labute approximate surface area is 220 Å². The summed E-state index contributed by atoms with van der Waals surface area (Å²) in [6, 6.07) is 35.9. The van der Waals surface area contributed by atoms with E-state index in [4.69, 9.17) is 0 Å². The summed E-state index contributed by atoms with van der Waals surface area (Å²) in [5.74, 6) is 0.556. The van der Waals surface area contributed by atoms with Crippen molar-refractivity contribution in [2.24, 2.45) is 5.92 Å². The van der Waals surface area contributed by atoms with E-state index in [1.807, 2.05) is 0 Å². The molecule has 0 fully saturated rings. The number of hydrogen-bond donors (Lipinski definition) is 0. The van der Waals surface area contributed by atoms with Gasteiger partial charge in [-0.15, -0.1) is 0 Å². The van der Waals surface area contributed by atoms with E-state index in [9.17, 15) is 0 Å². The molecule has 5 heterocycles. The average molecular weight is 492 g/mol. The third-order valence-corrected chi connectivity index (χ3v) is 8.18. The molecule has 3 heteroatoms. The number of para-hydroxylation sites is 1. The first kappa shape index (κ1) is 21.6. The summed E-state index contributed by atoms with van der Waals surface area (Å²) in [4.78, 5) is 0. The minimum Gasteiger partial charge on any atom is -0.308 e. The first-order valence-corrected chi connectivity index (χ1v) is 13.5. The molecular weight excluding hydrogens is 462 g/mol. The second-order valence-corrected chi connectivity index (χ2v) is 11.0. The molecule has 182 valence electrons. The third kappa shape index (κ3) is 2.79. The zero-order chi connectivity index (χ0) is 25.5. The van der Waals surface area contributed by atoms with Crippen molar-refractivity contribution < 1.29 is 8.97 Å². The molecule has 8 aromatic rings. The van der Waals surface area contributed by atoms with Crippen LogP contribution in [0, 0.1) is 12.8 Å². The van der Waals surface area contributed by atoms with Crippen molar-refractivity contribution >= 4 is 65.4 Å². The van der Waals surface area contributed by atoms with Crippen LogP contribution in [-0.2, 0) is 6.54 Å². The molecule has 3 nitrogen and oxygen atoms in total. The number of aromatic nitrogens is 3. The van der Waals surface area contributed by atoms with Crippen LogP contribution in [0.15, 0.2) is 103 Å². The van der Waals surface area contributed by atoms with E-state index in [-0.39, 0.29) is 0 Å². The van der Waals surface area contributed by atoms with Crippen LogP contribution in [0.25, 0.3) is 65.4 Å². The molecule has 0 spiro atoms. The monoisotopic (exact) mass is 491 g/mol. The zero-order valence-corrected chi connectivity index (χ0v) is 21.9. The van der Waals surface area contributed by atoms with Gasteiger partial charge < -0.3 is 4.40 Å². The summed E-state index contributed by atoms with van der Waals surface area (Å²) in [6.45, 7) is 7.82. The highest BCUT2D eigenvalue weighted by Crippen LogP contribution is 2.37. The van der Waals surface area contributed by atoms with Gasteiger partial charge in [-0.25, -0.2) is 0 Å². The van der Waals surface area contributed by atoms with Crippen molar-refractivity contribution in [1.29, 1.82) is 0 Å². The standard InChI is InChI=1S/C35H29N3/c1-22(2)21-37-30-15-7-6-13-25(30)27-19-29-28(20-33(27)37)31-16-8-9-18-36(31)34-26-14-5-4-12-24(26)32-17-10-11-23(3)38(32)35(29)34/h4-20,22H,21H2,1-3H3/q+2. The minimum absolute atomic E-state index is 0.556. The van der Waals surface area contributed by atoms with Gasteiger partial charge in [0.05, 0.1) is 27.1 Å². The molecule has 0 unspecified atom stereocenters. The summed E-state index contributed by atoms with van der Waals surface area (Å²) >= 11 is 0. The van der Waals surface area contributed by atoms with Gasteiger partial charge in [-0.3, -0.25) is 0 Å². The van der Waals surface area contributed by atoms with E-state index < -0.39 is 0 Å². The summed E-state index contributed by atoms with van der Waals surface area (Å²) in [7, 11) is 0. The van der Waals surface area contributed by atoms with Crippen molar-refractivity contribution in [1.82, 2.24) is 4.40 Å². The molecule has 0 aliphatic heterocycles. The summed E-state index contributed by atoms with van der Waals surface area (Å²) in [5.41, 5.74) is 8.84. The number of benzene rings is 3. The molecule has 0 radical (unpaired) electrons. The fraction of sp³-hybridized carbons (Fsp3) is 0.143. The van der Waals surface area contributed by atoms with Crippen LogP contribution >= 0.6 is 0 Å². The number of hydrogen-bond acceptors (Lipinski definition) is 0. The third-order valence-electron chi connectivity index (χ3n) is 8.18. The molecular formula is C35H29N3+2. The van der Waals surface area contributed by atoms with Crippen LogP contribution in [0.5, 0.6) is 0 Å². The molecule has 0 bridgehead atoms. The largest absolute Gasteiger partial charge is 0.308 e. The molecule has 0 saturated carbocycles. The van der Waals surface area contributed by atoms with Crippen molar-refractivity contribution in [2.45, 2.75) is 27.3 Å². The highest BCUT2D eigenvalue weighted by atomic mass is 15.0. The second kappa shape index (κ2) is 7.75. The first-order valence-electron chi connectivity index (χ1n) is 13.5. The van der Waals surface area contributed by atoms with Gasteiger partial charge in [0, 0.05) is 46.6 Å². The van der Waals surface area contributed by atoms with Gasteiger partial charge in [0.15, 0.2) is 12.7 Å². The van der Waals surface area contributed by atoms with Crippen LogP contribution in [0.3, 0.4) is 0 Å². The Morgan fingerprint density at radius 3 is 2.18 bits per heavy atom. The highest BCUT2D eigenvalue weighted by molar-refractivity contribution is 6.22. The lowest BCUT2D eigenvalue weighted by atomic mass is 10.00. The number of rotatable bonds is 2. The summed E-state index contributed by atoms with van der Waals surface area (Å²) in [6.07, 6.45) is 2.22. The maximum Gasteiger partial charge on any atom is 0.243 e. The van der Waals surface area contributed by atoms with E-state index in [1.54, 1.807) is 0 Å². The van der Waals surface area contributed by atoms with Gasteiger partial charge >= 0.3 is 0 Å². The predicted molar refractivity (Wildman–Crippen MR) is 158 cm³/mol. The topological polar surface area (TPSA) is 12.4 Å². The number of nitrogens with zero attached hydrogens (tertiary/aromatic N) is 3. The van der Waals surface area contributed by atoms with Crippen LogP contribution in [0.1, 0.15) is 19.5 Å². The Bertz CT molecular complexity index is 2250. The average Bonchev–Trinajstić information content (AvgIpc) is 3.24. The van der Waals surface area contributed by atoms with Gasteiger partial charge in [-0.05, 0) is 43.3 Å². The van der Waals surface area contributed by atoms with Gasteiger partial charge in [0.25, 0.3) is 0 Å². The van der Waals surface area contributed by atoms with Crippen molar-refractivity contribution in [3.8, 4) is 0 Å². The van der Waals surface area contributed by atoms with Gasteiger partial charge in [-0.1, -0.05) is 50.2 Å². The van der Waals surface area contributed by atoms with Gasteiger partial charge in [0.1, 0.15) is 5.52 Å². The van der Waals surface area contributed by atoms with Crippen LogP contribution in [0.4, 0.5) is 0 Å². The Balaban J connectivity index is 1.74. The van der Waals surface area contributed by atoms with Crippen molar-refractivity contribution in [3.05, 3.63) is 109 Å². The zero-order valence-electron chi connectivity index (χ0n) is 21.9. The quantitative estimate of drug-likeness (QED) is 0.174. The Morgan fingerprint density at radius 2 is 1.34 bits per heavy atom. The van der Waals surface area contributed by atoms with Crippen LogP contribution in [-0.4, -0.2) is 4.40 Å². The van der Waals surface area contributed by atoms with E-state index in [0.29, 0.717) is 5.92 Å². The summed E-state index contributed by atoms with van der Waals surface area (Å²) in [5, 5.41) is 7.78. The Kier molecular flexibility index (Phi) is 4.40. The highest BCUT2D eigenvalue weighted by Gasteiger charge is 2.27. The number of fused-ring (bicyclic) bond motifs is 14. The number of pyridine rings is 4. The molecule has 8 rings (SSSR count). The second-order valence-electron chi connectivity index (χ2n) is 11.0. The molecule has 0 aliphatic rings. The maximum atomic E-state index is 2.52. The molecule has 3 aromatic carbocycles. The molecule has 0 amide bonds. The van der Waals surface area contributed by atoms with E-state index in [1.165, 1.54) is 71.1 Å². The maximum absolute atomic E-state index is 2.52. The molecule has 0 aliphatic carbocycles. The van der Waals surface area contributed by atoms with E-state index in [0.717, 1.165) is 6.54 Å². The van der Waals surface area contributed by atoms with Crippen LogP contribution in [0.2, 0.25) is 0 Å². The summed E-state index contributed by atoms with van der Waals surface area (Å²) < 4.78 is 7.40. The Morgan fingerprint density at radius 1 is 0.632 bits per heavy atom. The van der Waals surface area contributed by atoms with Crippen molar-refractivity contribution in [3.63, 3.8) is 0 Å². The van der Waals surface area contributed by atoms with E-state index in [2.05, 4.69) is 137 Å². The predicted octanol–water partition coefficient (Wildman–Crippen LogP) is 7.70. The first-order chi connectivity index (χ1) is 18.6. The lowest BCUT2D eigenvalue weighted by molar-refractivity contribution is -0.649. The minimum atomic E-state index is 0.556. The Hall–Kier alpha value is -4.50. The normalized spacial score (nSPS) is 12.4. The number of aryl methyl sites for hydroxylation is 1. The fourth-order valence-corrected chi connectivity index (χ4v) is 6.68. The molecule has 5 aromatic heterocycles. The van der Waals surface area contributed by atoms with Crippen LogP contribution < -0.4 is 8.97 Å². The smallest absolute Gasteiger partial charge is 0.243 e. The molecule has 0 N–H and O–H groups in total. The fourth-order valence-electron chi connectivity index (χ4n) is 6.68. The van der Waals surface area contributed by atoms with Gasteiger partial charge in [0.2, 0.25) is 22.1 Å². The van der Waals surface area contributed by atoms with Gasteiger partial charge in [-0.2, -0.15) is 8.97 Å².